The summed E-state index contributed by atoms with van der Waals surface area (Å²) in [5.41, 5.74) is 6.70. The zero-order chi connectivity index (χ0) is 14.6. The number of benzene rings is 1. The summed E-state index contributed by atoms with van der Waals surface area (Å²) < 4.78 is 26.3. The van der Waals surface area contributed by atoms with E-state index in [9.17, 15) is 13.2 Å². The second kappa shape index (κ2) is 6.06. The highest BCUT2D eigenvalue weighted by Gasteiger charge is 2.23. The van der Waals surface area contributed by atoms with Gasteiger partial charge in [-0.05, 0) is 37.5 Å². The van der Waals surface area contributed by atoms with Crippen molar-refractivity contribution in [1.82, 2.24) is 4.72 Å². The molecule has 0 spiro atoms. The van der Waals surface area contributed by atoms with Gasteiger partial charge in [-0.2, -0.15) is 0 Å². The number of sulfonamides is 1. The van der Waals surface area contributed by atoms with Crippen molar-refractivity contribution in [2.24, 2.45) is 5.92 Å². The molecule has 3 N–H and O–H groups in total. The van der Waals surface area contributed by atoms with E-state index in [0.29, 0.717) is 12.8 Å². The number of nitrogens with two attached hydrogens (primary N) is 1. The van der Waals surface area contributed by atoms with Crippen LogP contribution in [0.25, 0.3) is 0 Å². The molecule has 0 aliphatic heterocycles. The smallest absolute Gasteiger partial charge is 0.266 e. The van der Waals surface area contributed by atoms with Crippen LogP contribution in [0.15, 0.2) is 23.1 Å². The van der Waals surface area contributed by atoms with Gasteiger partial charge in [0.15, 0.2) is 0 Å². The molecule has 0 aliphatic rings. The lowest BCUT2D eigenvalue weighted by Gasteiger charge is -2.14. The predicted molar refractivity (Wildman–Crippen MR) is 75.0 cm³/mol. The molecule has 19 heavy (non-hydrogen) atoms. The molecule has 0 saturated carbocycles. The molecule has 0 aromatic heterocycles. The van der Waals surface area contributed by atoms with E-state index in [0.717, 1.165) is 5.56 Å². The Morgan fingerprint density at radius 1 is 1.32 bits per heavy atom. The minimum absolute atomic E-state index is 0.0580. The third kappa shape index (κ3) is 3.70. The molecule has 1 aromatic carbocycles. The molecule has 0 fully saturated rings. The average molecular weight is 284 g/mol. The maximum atomic E-state index is 12.1. The molecule has 106 valence electrons. The maximum absolute atomic E-state index is 12.1. The highest BCUT2D eigenvalue weighted by molar-refractivity contribution is 7.90. The lowest BCUT2D eigenvalue weighted by molar-refractivity contribution is -0.123. The van der Waals surface area contributed by atoms with Crippen molar-refractivity contribution in [3.8, 4) is 0 Å². The average Bonchev–Trinajstić information content (AvgIpc) is 2.29. The summed E-state index contributed by atoms with van der Waals surface area (Å²) in [6.45, 7) is 5.51. The largest absolute Gasteiger partial charge is 0.398 e. The molecule has 5 nitrogen and oxygen atoms in total. The molecule has 1 aromatic rings. The van der Waals surface area contributed by atoms with E-state index in [1.54, 1.807) is 12.1 Å². The van der Waals surface area contributed by atoms with Crippen molar-refractivity contribution in [2.75, 3.05) is 5.73 Å². The van der Waals surface area contributed by atoms with E-state index in [-0.39, 0.29) is 16.5 Å². The van der Waals surface area contributed by atoms with E-state index < -0.39 is 15.9 Å². The first kappa shape index (κ1) is 15.5. The number of nitrogen functional groups attached to an aromatic ring is 1. The van der Waals surface area contributed by atoms with Crippen LogP contribution in [-0.2, 0) is 14.8 Å². The topological polar surface area (TPSA) is 89.3 Å². The van der Waals surface area contributed by atoms with Crippen LogP contribution in [0.3, 0.4) is 0 Å². The maximum Gasteiger partial charge on any atom is 0.266 e. The summed E-state index contributed by atoms with van der Waals surface area (Å²) in [7, 11) is -3.90. The van der Waals surface area contributed by atoms with Crippen LogP contribution in [0.1, 0.15) is 32.3 Å². The Balaban J connectivity index is 3.02. The van der Waals surface area contributed by atoms with E-state index >= 15 is 0 Å². The molecule has 0 bridgehead atoms. The molecule has 0 radical (unpaired) electrons. The summed E-state index contributed by atoms with van der Waals surface area (Å²) in [4.78, 5) is 11.8. The molecular formula is C13H20N2O3S. The summed E-state index contributed by atoms with van der Waals surface area (Å²) in [6, 6.07) is 4.62. The lowest BCUT2D eigenvalue weighted by atomic mass is 10.0. The molecule has 1 amide bonds. The predicted octanol–water partition coefficient (Wildman–Crippen LogP) is 1.82. The minimum atomic E-state index is -3.90. The lowest BCUT2D eigenvalue weighted by Crippen LogP contribution is -2.35. The number of anilines is 1. The fourth-order valence-electron chi connectivity index (χ4n) is 1.84. The standard InChI is InChI=1S/C13H20N2O3S/c1-4-10(5-2)13(16)15-19(17,18)12-7-6-9(3)8-11(12)14/h6-8,10H,4-5,14H2,1-3H3,(H,15,16). The van der Waals surface area contributed by atoms with Crippen molar-refractivity contribution in [2.45, 2.75) is 38.5 Å². The van der Waals surface area contributed by atoms with Gasteiger partial charge >= 0.3 is 0 Å². The zero-order valence-corrected chi connectivity index (χ0v) is 12.3. The Morgan fingerprint density at radius 2 is 1.89 bits per heavy atom. The zero-order valence-electron chi connectivity index (χ0n) is 11.4. The number of rotatable bonds is 5. The number of carbonyl (C=O) groups excluding carboxylic acids is 1. The Hall–Kier alpha value is -1.56. The third-order valence-corrected chi connectivity index (χ3v) is 4.47. The van der Waals surface area contributed by atoms with Gasteiger partial charge < -0.3 is 5.73 Å². The summed E-state index contributed by atoms with van der Waals surface area (Å²) in [6.07, 6.45) is 1.20. The fourth-order valence-corrected chi connectivity index (χ4v) is 3.00. The summed E-state index contributed by atoms with van der Waals surface area (Å²) in [5.74, 6) is -0.786. The molecule has 0 atom stereocenters. The Morgan fingerprint density at radius 3 is 2.37 bits per heavy atom. The Kier molecular flexibility index (Phi) is 4.94. The van der Waals surface area contributed by atoms with E-state index in [1.807, 2.05) is 20.8 Å². The van der Waals surface area contributed by atoms with E-state index in [2.05, 4.69) is 4.72 Å². The van der Waals surface area contributed by atoms with Crippen molar-refractivity contribution in [3.05, 3.63) is 23.8 Å². The normalized spacial score (nSPS) is 11.6. The highest BCUT2D eigenvalue weighted by Crippen LogP contribution is 2.20. The van der Waals surface area contributed by atoms with Gasteiger partial charge in [-0.15, -0.1) is 0 Å². The van der Waals surface area contributed by atoms with Gasteiger partial charge in [-0.1, -0.05) is 19.9 Å². The first-order valence-corrected chi connectivity index (χ1v) is 7.72. The minimum Gasteiger partial charge on any atom is -0.398 e. The number of amides is 1. The molecule has 6 heteroatoms. The van der Waals surface area contributed by atoms with Crippen molar-refractivity contribution >= 4 is 21.6 Å². The van der Waals surface area contributed by atoms with E-state index in [1.165, 1.54) is 6.07 Å². The fraction of sp³-hybridized carbons (Fsp3) is 0.462. The number of carbonyl (C=O) groups is 1. The molecule has 0 saturated heterocycles. The van der Waals surface area contributed by atoms with Crippen LogP contribution in [0.5, 0.6) is 0 Å². The first-order valence-electron chi connectivity index (χ1n) is 6.24. The molecule has 1 rings (SSSR count). The molecule has 0 unspecified atom stereocenters. The SMILES string of the molecule is CCC(CC)C(=O)NS(=O)(=O)c1ccc(C)cc1N. The monoisotopic (exact) mass is 284 g/mol. The number of hydrogen-bond acceptors (Lipinski definition) is 4. The highest BCUT2D eigenvalue weighted by atomic mass is 32.2. The first-order chi connectivity index (χ1) is 8.81. The van der Waals surface area contributed by atoms with Crippen LogP contribution in [0.4, 0.5) is 5.69 Å². The summed E-state index contributed by atoms with van der Waals surface area (Å²) in [5, 5.41) is 0. The Labute approximate surface area is 114 Å². The van der Waals surface area contributed by atoms with Crippen molar-refractivity contribution < 1.29 is 13.2 Å². The van der Waals surface area contributed by atoms with Gasteiger partial charge in [0, 0.05) is 5.92 Å². The second-order valence-electron chi connectivity index (χ2n) is 4.52. The van der Waals surface area contributed by atoms with Gasteiger partial charge in [-0.3, -0.25) is 4.79 Å². The van der Waals surface area contributed by atoms with Crippen LogP contribution in [-0.4, -0.2) is 14.3 Å². The molecular weight excluding hydrogens is 264 g/mol. The van der Waals surface area contributed by atoms with Crippen molar-refractivity contribution in [3.63, 3.8) is 0 Å². The van der Waals surface area contributed by atoms with Gasteiger partial charge in [-0.25, -0.2) is 13.1 Å². The third-order valence-electron chi connectivity index (χ3n) is 3.05. The van der Waals surface area contributed by atoms with Gasteiger partial charge in [0.05, 0.1) is 5.69 Å². The van der Waals surface area contributed by atoms with Crippen LogP contribution < -0.4 is 10.5 Å². The molecule has 0 aliphatic carbocycles. The van der Waals surface area contributed by atoms with Gasteiger partial charge in [0.25, 0.3) is 10.0 Å². The van der Waals surface area contributed by atoms with Gasteiger partial charge in [0.2, 0.25) is 5.91 Å². The second-order valence-corrected chi connectivity index (χ2v) is 6.18. The molecule has 0 heterocycles. The van der Waals surface area contributed by atoms with Crippen LogP contribution >= 0.6 is 0 Å². The van der Waals surface area contributed by atoms with Crippen LogP contribution in [0, 0.1) is 12.8 Å². The number of hydrogen-bond donors (Lipinski definition) is 2. The Bertz CT molecular complexity index is 563. The van der Waals surface area contributed by atoms with Crippen LogP contribution in [0.2, 0.25) is 0 Å². The quantitative estimate of drug-likeness (QED) is 0.807. The number of aryl methyl sites for hydroxylation is 1. The van der Waals surface area contributed by atoms with Gasteiger partial charge in [0.1, 0.15) is 4.90 Å². The van der Waals surface area contributed by atoms with E-state index in [4.69, 9.17) is 5.73 Å². The summed E-state index contributed by atoms with van der Waals surface area (Å²) >= 11 is 0. The number of nitrogens with one attached hydrogen (secondary N) is 1. The van der Waals surface area contributed by atoms with Crippen molar-refractivity contribution in [1.29, 1.82) is 0 Å².